The van der Waals surface area contributed by atoms with Crippen LogP contribution in [0.3, 0.4) is 0 Å². The minimum Gasteiger partial charge on any atom is -0.471 e. The predicted octanol–water partition coefficient (Wildman–Crippen LogP) is 3.77. The van der Waals surface area contributed by atoms with Gasteiger partial charge in [-0.1, -0.05) is 6.07 Å². The first kappa shape index (κ1) is 17.4. The van der Waals surface area contributed by atoms with E-state index in [9.17, 15) is 39.5 Å². The Morgan fingerprint density at radius 3 is 2.10 bits per heavy atom. The predicted molar refractivity (Wildman–Crippen MR) is 50.5 cm³/mol. The van der Waals surface area contributed by atoms with E-state index in [1.807, 2.05) is 0 Å². The van der Waals surface area contributed by atoms with E-state index in [4.69, 9.17) is 0 Å². The molecule has 0 aliphatic carbocycles. The Labute approximate surface area is 111 Å². The van der Waals surface area contributed by atoms with Crippen molar-refractivity contribution in [1.82, 2.24) is 4.98 Å². The Hall–Kier alpha value is -1.68. The third-order valence-corrected chi connectivity index (χ3v) is 2.24. The van der Waals surface area contributed by atoms with Crippen molar-refractivity contribution in [2.24, 2.45) is 0 Å². The highest BCUT2D eigenvalue weighted by Gasteiger charge is 2.75. The summed E-state index contributed by atoms with van der Waals surface area (Å²) in [7, 11) is 0. The molecule has 0 bridgehead atoms. The molecule has 2 nitrogen and oxygen atoms in total. The van der Waals surface area contributed by atoms with Gasteiger partial charge in [-0.3, -0.25) is 0 Å². The van der Waals surface area contributed by atoms with Crippen LogP contribution < -0.4 is 4.74 Å². The first-order chi connectivity index (χ1) is 9.42. The third-order valence-electron chi connectivity index (χ3n) is 2.24. The number of alkyl halides is 8. The summed E-state index contributed by atoms with van der Waals surface area (Å²) in [6, 6.07) is 2.47. The van der Waals surface area contributed by atoms with E-state index in [2.05, 4.69) is 9.72 Å². The monoisotopic (exact) mass is 327 g/mol. The maximum Gasteiger partial charge on any atom is 0.381 e. The molecule has 0 aliphatic rings. The summed E-state index contributed by atoms with van der Waals surface area (Å²) in [5, 5.41) is 0. The molecule has 1 heterocycles. The number of aromatic nitrogens is 1. The van der Waals surface area contributed by atoms with Crippen LogP contribution in [0.15, 0.2) is 18.2 Å². The van der Waals surface area contributed by atoms with Crippen molar-refractivity contribution < 1.29 is 44.3 Å². The number of pyridine rings is 1. The molecule has 11 heteroatoms. The molecule has 0 aromatic carbocycles. The zero-order valence-corrected chi connectivity index (χ0v) is 9.77. The van der Waals surface area contributed by atoms with Crippen molar-refractivity contribution in [3.8, 4) is 5.88 Å². The Balaban J connectivity index is 2.90. The summed E-state index contributed by atoms with van der Waals surface area (Å²) in [5.41, 5.74) is 0. The topological polar surface area (TPSA) is 22.1 Å². The number of ether oxygens (including phenoxy) is 1. The lowest BCUT2D eigenvalue weighted by atomic mass is 10.1. The molecular weight excluding hydrogens is 321 g/mol. The molecule has 0 saturated carbocycles. The molecule has 120 valence electrons. The van der Waals surface area contributed by atoms with Crippen LogP contribution in [-0.2, 0) is 0 Å². The molecule has 1 rings (SSSR count). The van der Waals surface area contributed by atoms with Gasteiger partial charge >= 0.3 is 24.2 Å². The van der Waals surface area contributed by atoms with Gasteiger partial charge in [-0.05, 0) is 6.07 Å². The summed E-state index contributed by atoms with van der Waals surface area (Å²) in [6.45, 7) is -2.39. The fourth-order valence-electron chi connectivity index (χ4n) is 1.11. The molecule has 21 heavy (non-hydrogen) atoms. The van der Waals surface area contributed by atoms with Crippen LogP contribution in [0.1, 0.15) is 0 Å². The standard InChI is InChI=1S/C10H6F9NO/c11-5-2-1-3-6(20-5)21-4-8(14,15)10(18,19)9(16,17)7(12)13/h1-3,7H,4H2. The number of hydrogen-bond acceptors (Lipinski definition) is 2. The van der Waals surface area contributed by atoms with E-state index in [1.54, 1.807) is 0 Å². The SMILES string of the molecule is Fc1cccc(OCC(F)(F)C(F)(F)C(F)(F)C(F)F)n1. The molecule has 0 aliphatic heterocycles. The van der Waals surface area contributed by atoms with E-state index < -0.39 is 42.6 Å². The molecule has 0 unspecified atom stereocenters. The van der Waals surface area contributed by atoms with Gasteiger partial charge in [0.25, 0.3) is 0 Å². The van der Waals surface area contributed by atoms with Crippen LogP contribution in [0.2, 0.25) is 0 Å². The molecule has 0 fully saturated rings. The van der Waals surface area contributed by atoms with Crippen molar-refractivity contribution >= 4 is 0 Å². The van der Waals surface area contributed by atoms with Gasteiger partial charge in [0.15, 0.2) is 6.61 Å². The van der Waals surface area contributed by atoms with Crippen LogP contribution in [0.5, 0.6) is 5.88 Å². The summed E-state index contributed by atoms with van der Waals surface area (Å²) in [6.07, 6.45) is -5.01. The quantitative estimate of drug-likeness (QED) is 0.586. The third kappa shape index (κ3) is 3.32. The molecule has 0 radical (unpaired) electrons. The van der Waals surface area contributed by atoms with Crippen molar-refractivity contribution in [2.75, 3.05) is 6.61 Å². The van der Waals surface area contributed by atoms with Gasteiger partial charge in [-0.15, -0.1) is 0 Å². The van der Waals surface area contributed by atoms with Crippen LogP contribution >= 0.6 is 0 Å². The van der Waals surface area contributed by atoms with E-state index in [0.717, 1.165) is 18.2 Å². The number of halogens is 9. The van der Waals surface area contributed by atoms with Gasteiger partial charge < -0.3 is 4.74 Å². The minimum absolute atomic E-state index is 0.768. The Bertz CT molecular complexity index is 491. The fourth-order valence-corrected chi connectivity index (χ4v) is 1.11. The maximum absolute atomic E-state index is 13.0. The minimum atomic E-state index is -6.37. The lowest BCUT2D eigenvalue weighted by molar-refractivity contribution is -0.342. The molecular formula is C10H6F9NO. The maximum atomic E-state index is 13.0. The molecule has 0 N–H and O–H groups in total. The van der Waals surface area contributed by atoms with E-state index in [0.29, 0.717) is 0 Å². The summed E-state index contributed by atoms with van der Waals surface area (Å²) in [4.78, 5) is 2.85. The molecule has 1 aromatic rings. The van der Waals surface area contributed by atoms with Gasteiger partial charge in [0.1, 0.15) is 0 Å². The van der Waals surface area contributed by atoms with Crippen molar-refractivity contribution in [1.29, 1.82) is 0 Å². The second kappa shape index (κ2) is 5.60. The van der Waals surface area contributed by atoms with Crippen molar-refractivity contribution in [2.45, 2.75) is 24.2 Å². The van der Waals surface area contributed by atoms with Crippen LogP contribution in [0.25, 0.3) is 0 Å². The highest BCUT2D eigenvalue weighted by Crippen LogP contribution is 2.48. The van der Waals surface area contributed by atoms with Gasteiger partial charge in [0.05, 0.1) is 0 Å². The molecule has 0 atom stereocenters. The second-order valence-corrected chi connectivity index (χ2v) is 3.79. The number of rotatable bonds is 6. The largest absolute Gasteiger partial charge is 0.471 e. The molecule has 0 saturated heterocycles. The Morgan fingerprint density at radius 1 is 1.05 bits per heavy atom. The lowest BCUT2D eigenvalue weighted by Gasteiger charge is -2.31. The van der Waals surface area contributed by atoms with Gasteiger partial charge in [0.2, 0.25) is 11.8 Å². The average molecular weight is 327 g/mol. The normalized spacial score (nSPS) is 13.6. The Kier molecular flexibility index (Phi) is 4.63. The molecule has 1 aromatic heterocycles. The van der Waals surface area contributed by atoms with E-state index in [-0.39, 0.29) is 0 Å². The van der Waals surface area contributed by atoms with E-state index in [1.165, 1.54) is 0 Å². The zero-order valence-electron chi connectivity index (χ0n) is 9.77. The fraction of sp³-hybridized carbons (Fsp3) is 0.500. The van der Waals surface area contributed by atoms with Crippen molar-refractivity contribution in [3.63, 3.8) is 0 Å². The zero-order chi connectivity index (χ0) is 16.5. The van der Waals surface area contributed by atoms with Crippen LogP contribution in [-0.4, -0.2) is 35.8 Å². The summed E-state index contributed by atoms with van der Waals surface area (Å²) < 4.78 is 117. The number of hydrogen-bond donors (Lipinski definition) is 0. The highest BCUT2D eigenvalue weighted by atomic mass is 19.4. The highest BCUT2D eigenvalue weighted by molar-refractivity contribution is 5.11. The second-order valence-electron chi connectivity index (χ2n) is 3.79. The van der Waals surface area contributed by atoms with Crippen LogP contribution in [0.4, 0.5) is 39.5 Å². The first-order valence-electron chi connectivity index (χ1n) is 5.09. The molecule has 0 spiro atoms. The van der Waals surface area contributed by atoms with Gasteiger partial charge in [0, 0.05) is 6.07 Å². The van der Waals surface area contributed by atoms with Crippen molar-refractivity contribution in [3.05, 3.63) is 24.1 Å². The van der Waals surface area contributed by atoms with Crippen LogP contribution in [0, 0.1) is 5.95 Å². The summed E-state index contributed by atoms with van der Waals surface area (Å²) in [5.74, 6) is -20.4. The van der Waals surface area contributed by atoms with Gasteiger partial charge in [-0.25, -0.2) is 8.78 Å². The average Bonchev–Trinajstić information content (AvgIpc) is 2.36. The first-order valence-corrected chi connectivity index (χ1v) is 5.09. The lowest BCUT2D eigenvalue weighted by Crippen LogP contribution is -2.59. The Morgan fingerprint density at radius 2 is 1.62 bits per heavy atom. The summed E-state index contributed by atoms with van der Waals surface area (Å²) >= 11 is 0. The number of nitrogens with zero attached hydrogens (tertiary/aromatic N) is 1. The molecule has 0 amide bonds. The smallest absolute Gasteiger partial charge is 0.381 e. The van der Waals surface area contributed by atoms with Gasteiger partial charge in [-0.2, -0.15) is 35.7 Å². The van der Waals surface area contributed by atoms with E-state index >= 15 is 0 Å².